The summed E-state index contributed by atoms with van der Waals surface area (Å²) < 4.78 is 12.7. The Morgan fingerprint density at radius 1 is 1.25 bits per heavy atom. The Hall–Kier alpha value is -0.870. The fourth-order valence-electron chi connectivity index (χ4n) is 2.37. The minimum Gasteiger partial charge on any atom is -0.354 e. The molecule has 1 aliphatic rings. The van der Waals surface area contributed by atoms with Gasteiger partial charge in [0, 0.05) is 19.9 Å². The third kappa shape index (κ3) is 2.13. The number of hydrogen-bond donors (Lipinski definition) is 0. The first-order chi connectivity index (χ1) is 7.76. The molecule has 0 saturated heterocycles. The molecule has 4 nitrogen and oxygen atoms in total. The predicted octanol–water partition coefficient (Wildman–Crippen LogP) is 1.69. The maximum absolute atomic E-state index is 5.25. The van der Waals surface area contributed by atoms with Gasteiger partial charge in [0.15, 0.2) is 6.29 Å². The quantitative estimate of drug-likeness (QED) is 0.730. The van der Waals surface area contributed by atoms with Crippen LogP contribution in [-0.2, 0) is 28.9 Å². The van der Waals surface area contributed by atoms with Crippen molar-refractivity contribution in [1.29, 1.82) is 0 Å². The molecule has 2 rings (SSSR count). The highest BCUT2D eigenvalue weighted by atomic mass is 16.7. The minimum absolute atomic E-state index is 0.182. The smallest absolute Gasteiger partial charge is 0.174 e. The molecule has 0 aliphatic heterocycles. The summed E-state index contributed by atoms with van der Waals surface area (Å²) in [6, 6.07) is 0. The zero-order chi connectivity index (χ0) is 11.5. The van der Waals surface area contributed by atoms with E-state index >= 15 is 0 Å². The van der Waals surface area contributed by atoms with Gasteiger partial charge in [0.2, 0.25) is 0 Å². The van der Waals surface area contributed by atoms with E-state index in [0.29, 0.717) is 0 Å². The number of fused-ring (bicyclic) bond motifs is 1. The lowest BCUT2D eigenvalue weighted by molar-refractivity contribution is -0.111. The van der Waals surface area contributed by atoms with Gasteiger partial charge in [-0.15, -0.1) is 0 Å². The van der Waals surface area contributed by atoms with E-state index in [1.165, 1.54) is 24.2 Å². The molecule has 0 radical (unpaired) electrons. The molecule has 0 unspecified atom stereocenters. The van der Waals surface area contributed by atoms with Crippen LogP contribution in [0.15, 0.2) is 0 Å². The Morgan fingerprint density at radius 3 is 2.62 bits per heavy atom. The van der Waals surface area contributed by atoms with E-state index in [1.54, 1.807) is 14.2 Å². The molecule has 0 saturated carbocycles. The first-order valence-corrected chi connectivity index (χ1v) is 5.86. The number of nitrogens with zero attached hydrogens (tertiary/aromatic N) is 2. The molecule has 1 aliphatic carbocycles. The SMILES string of the molecule is COC(Cn1c(C)nc2c1CCCC2)OC. The third-order valence-electron chi connectivity index (χ3n) is 3.28. The van der Waals surface area contributed by atoms with Gasteiger partial charge in [0.25, 0.3) is 0 Å². The van der Waals surface area contributed by atoms with Gasteiger partial charge in [-0.25, -0.2) is 4.98 Å². The Morgan fingerprint density at radius 2 is 1.94 bits per heavy atom. The molecule has 1 aromatic rings. The fourth-order valence-corrected chi connectivity index (χ4v) is 2.37. The molecule has 0 spiro atoms. The maximum atomic E-state index is 5.25. The van der Waals surface area contributed by atoms with Crippen LogP contribution in [0.25, 0.3) is 0 Å². The van der Waals surface area contributed by atoms with Gasteiger partial charge in [0.1, 0.15) is 5.82 Å². The standard InChI is InChI=1S/C12H20N2O2/c1-9-13-10-6-4-5-7-11(10)14(9)8-12(15-2)16-3/h12H,4-8H2,1-3H3. The average Bonchev–Trinajstić information content (AvgIpc) is 2.62. The van der Waals surface area contributed by atoms with Crippen LogP contribution in [0.2, 0.25) is 0 Å². The monoisotopic (exact) mass is 224 g/mol. The van der Waals surface area contributed by atoms with Crippen LogP contribution >= 0.6 is 0 Å². The van der Waals surface area contributed by atoms with E-state index < -0.39 is 0 Å². The zero-order valence-electron chi connectivity index (χ0n) is 10.3. The molecule has 0 bridgehead atoms. The fraction of sp³-hybridized carbons (Fsp3) is 0.750. The van der Waals surface area contributed by atoms with Crippen LogP contribution in [0.4, 0.5) is 0 Å². The number of rotatable bonds is 4. The molecule has 16 heavy (non-hydrogen) atoms. The molecule has 0 N–H and O–H groups in total. The summed E-state index contributed by atoms with van der Waals surface area (Å²) in [6.45, 7) is 2.79. The van der Waals surface area contributed by atoms with Crippen LogP contribution in [0.5, 0.6) is 0 Å². The first-order valence-electron chi connectivity index (χ1n) is 5.86. The summed E-state index contributed by atoms with van der Waals surface area (Å²) in [5.74, 6) is 1.08. The number of aromatic nitrogens is 2. The molecule has 1 heterocycles. The van der Waals surface area contributed by atoms with E-state index in [-0.39, 0.29) is 6.29 Å². The Balaban J connectivity index is 2.22. The molecule has 0 atom stereocenters. The van der Waals surface area contributed by atoms with E-state index in [4.69, 9.17) is 9.47 Å². The molecule has 0 aromatic carbocycles. The number of ether oxygens (including phenoxy) is 2. The molecular formula is C12H20N2O2. The summed E-state index contributed by atoms with van der Waals surface area (Å²) in [5, 5.41) is 0. The van der Waals surface area contributed by atoms with Crippen LogP contribution in [0.1, 0.15) is 30.1 Å². The lowest BCUT2D eigenvalue weighted by Crippen LogP contribution is -2.23. The topological polar surface area (TPSA) is 36.3 Å². The van der Waals surface area contributed by atoms with E-state index in [1.807, 2.05) is 0 Å². The lowest BCUT2D eigenvalue weighted by Gasteiger charge is -2.19. The van der Waals surface area contributed by atoms with Gasteiger partial charge in [-0.2, -0.15) is 0 Å². The highest BCUT2D eigenvalue weighted by Crippen LogP contribution is 2.22. The lowest BCUT2D eigenvalue weighted by atomic mass is 10.0. The molecule has 90 valence electrons. The van der Waals surface area contributed by atoms with Crippen LogP contribution in [0.3, 0.4) is 0 Å². The average molecular weight is 224 g/mol. The van der Waals surface area contributed by atoms with Crippen molar-refractivity contribution in [2.24, 2.45) is 0 Å². The van der Waals surface area contributed by atoms with Crippen molar-refractivity contribution < 1.29 is 9.47 Å². The normalized spacial score (nSPS) is 15.5. The van der Waals surface area contributed by atoms with Crippen molar-refractivity contribution in [3.63, 3.8) is 0 Å². The summed E-state index contributed by atoms with van der Waals surface area (Å²) in [5.41, 5.74) is 2.65. The Labute approximate surface area is 96.6 Å². The summed E-state index contributed by atoms with van der Waals surface area (Å²) in [7, 11) is 3.35. The molecular weight excluding hydrogens is 204 g/mol. The van der Waals surface area contributed by atoms with Crippen LogP contribution < -0.4 is 0 Å². The van der Waals surface area contributed by atoms with Gasteiger partial charge in [-0.1, -0.05) is 0 Å². The highest BCUT2D eigenvalue weighted by molar-refractivity contribution is 5.19. The second kappa shape index (κ2) is 4.97. The van der Waals surface area contributed by atoms with Gasteiger partial charge < -0.3 is 14.0 Å². The van der Waals surface area contributed by atoms with Crippen molar-refractivity contribution in [1.82, 2.24) is 9.55 Å². The van der Waals surface area contributed by atoms with Gasteiger partial charge >= 0.3 is 0 Å². The van der Waals surface area contributed by atoms with Crippen molar-refractivity contribution in [2.75, 3.05) is 14.2 Å². The van der Waals surface area contributed by atoms with Gasteiger partial charge in [0.05, 0.1) is 12.2 Å². The van der Waals surface area contributed by atoms with Crippen molar-refractivity contribution in [3.05, 3.63) is 17.2 Å². The zero-order valence-corrected chi connectivity index (χ0v) is 10.3. The third-order valence-corrected chi connectivity index (χ3v) is 3.28. The van der Waals surface area contributed by atoms with Crippen LogP contribution in [-0.4, -0.2) is 30.1 Å². The summed E-state index contributed by atoms with van der Waals surface area (Å²) in [6.07, 6.45) is 4.60. The van der Waals surface area contributed by atoms with E-state index in [9.17, 15) is 0 Å². The molecule has 4 heteroatoms. The number of imidazole rings is 1. The second-order valence-electron chi connectivity index (χ2n) is 4.27. The molecule has 0 fully saturated rings. The number of methoxy groups -OCH3 is 2. The molecule has 0 amide bonds. The van der Waals surface area contributed by atoms with Crippen LogP contribution in [0, 0.1) is 6.92 Å². The van der Waals surface area contributed by atoms with E-state index in [0.717, 1.165) is 25.2 Å². The Bertz CT molecular complexity index is 356. The number of hydrogen-bond acceptors (Lipinski definition) is 3. The number of aryl methyl sites for hydroxylation is 2. The van der Waals surface area contributed by atoms with E-state index in [2.05, 4.69) is 16.5 Å². The van der Waals surface area contributed by atoms with Crippen molar-refractivity contribution in [2.45, 2.75) is 45.4 Å². The first kappa shape index (κ1) is 11.6. The summed E-state index contributed by atoms with van der Waals surface area (Å²) in [4.78, 5) is 4.62. The highest BCUT2D eigenvalue weighted by Gasteiger charge is 2.19. The van der Waals surface area contributed by atoms with Gasteiger partial charge in [-0.3, -0.25) is 0 Å². The second-order valence-corrected chi connectivity index (χ2v) is 4.27. The van der Waals surface area contributed by atoms with Gasteiger partial charge in [-0.05, 0) is 32.6 Å². The summed E-state index contributed by atoms with van der Waals surface area (Å²) >= 11 is 0. The minimum atomic E-state index is -0.182. The van der Waals surface area contributed by atoms with Crippen molar-refractivity contribution in [3.8, 4) is 0 Å². The predicted molar refractivity (Wildman–Crippen MR) is 61.4 cm³/mol. The largest absolute Gasteiger partial charge is 0.354 e. The maximum Gasteiger partial charge on any atom is 0.174 e. The Kier molecular flexibility index (Phi) is 3.61. The molecule has 1 aromatic heterocycles. The van der Waals surface area contributed by atoms with Crippen molar-refractivity contribution >= 4 is 0 Å².